The molecule has 0 fully saturated rings. The van der Waals surface area contributed by atoms with E-state index in [2.05, 4.69) is 13.5 Å². The lowest BCUT2D eigenvalue weighted by Crippen LogP contribution is -1.72. The molecule has 0 amide bonds. The van der Waals surface area contributed by atoms with Gasteiger partial charge in [0, 0.05) is 0 Å². The second-order valence-electron chi connectivity index (χ2n) is 3.25. The second kappa shape index (κ2) is 4.13. The van der Waals surface area contributed by atoms with Gasteiger partial charge in [-0.2, -0.15) is 0 Å². The van der Waals surface area contributed by atoms with Crippen LogP contribution in [0.1, 0.15) is 30.4 Å². The molecule has 1 heterocycles. The van der Waals surface area contributed by atoms with Gasteiger partial charge in [0.2, 0.25) is 0 Å². The average molecular weight is 176 g/mol. The van der Waals surface area contributed by atoms with E-state index in [1.807, 2.05) is 32.1 Å². The van der Waals surface area contributed by atoms with E-state index in [1.54, 1.807) is 0 Å². The zero-order chi connectivity index (χ0) is 9.84. The third-order valence-electron chi connectivity index (χ3n) is 2.00. The first-order valence-electron chi connectivity index (χ1n) is 4.56. The number of hydrogen-bond acceptors (Lipinski definition) is 1. The van der Waals surface area contributed by atoms with Gasteiger partial charge in [0.25, 0.3) is 0 Å². The predicted molar refractivity (Wildman–Crippen MR) is 56.6 cm³/mol. The van der Waals surface area contributed by atoms with Crippen LogP contribution in [0, 0.1) is 13.8 Å². The van der Waals surface area contributed by atoms with Crippen molar-refractivity contribution in [2.24, 2.45) is 0 Å². The molecule has 1 aromatic heterocycles. The van der Waals surface area contributed by atoms with Crippen molar-refractivity contribution in [2.75, 3.05) is 0 Å². The number of aryl methyl sites for hydroxylation is 2. The molecule has 0 N–H and O–H groups in total. The Morgan fingerprint density at radius 2 is 2.23 bits per heavy atom. The maximum Gasteiger partial charge on any atom is 0.129 e. The van der Waals surface area contributed by atoms with E-state index in [-0.39, 0.29) is 0 Å². The molecule has 13 heavy (non-hydrogen) atoms. The molecule has 0 spiro atoms. The molecule has 0 aliphatic heterocycles. The summed E-state index contributed by atoms with van der Waals surface area (Å²) < 4.78 is 5.48. The molecule has 1 rings (SSSR count). The fourth-order valence-electron chi connectivity index (χ4n) is 1.14. The maximum atomic E-state index is 5.48. The van der Waals surface area contributed by atoms with E-state index >= 15 is 0 Å². The molecular weight excluding hydrogens is 160 g/mol. The summed E-state index contributed by atoms with van der Waals surface area (Å²) in [6, 6.07) is 2.04. The molecule has 0 aliphatic carbocycles. The van der Waals surface area contributed by atoms with Gasteiger partial charge < -0.3 is 4.42 Å². The van der Waals surface area contributed by atoms with Gasteiger partial charge in [-0.15, -0.1) is 0 Å². The van der Waals surface area contributed by atoms with E-state index < -0.39 is 0 Å². The lowest BCUT2D eigenvalue weighted by molar-refractivity contribution is 0.523. The standard InChI is InChI=1S/C12H16O/c1-5-9(2)6-7-12-10(3)8-11(4)13-12/h6-8H,2,5H2,1,3-4H3/b7-6-. The second-order valence-corrected chi connectivity index (χ2v) is 3.25. The van der Waals surface area contributed by atoms with Crippen molar-refractivity contribution in [3.8, 4) is 0 Å². The van der Waals surface area contributed by atoms with E-state index in [4.69, 9.17) is 4.42 Å². The highest BCUT2D eigenvalue weighted by molar-refractivity contribution is 5.51. The van der Waals surface area contributed by atoms with Gasteiger partial charge in [-0.25, -0.2) is 0 Å². The quantitative estimate of drug-likeness (QED) is 0.637. The summed E-state index contributed by atoms with van der Waals surface area (Å²) in [5.74, 6) is 1.89. The van der Waals surface area contributed by atoms with Crippen LogP contribution < -0.4 is 0 Å². The van der Waals surface area contributed by atoms with Crippen LogP contribution in [0.25, 0.3) is 6.08 Å². The Morgan fingerprint density at radius 3 is 2.69 bits per heavy atom. The summed E-state index contributed by atoms with van der Waals surface area (Å²) >= 11 is 0. The fourth-order valence-corrected chi connectivity index (χ4v) is 1.14. The Bertz CT molecular complexity index is 329. The summed E-state index contributed by atoms with van der Waals surface area (Å²) in [5.41, 5.74) is 2.30. The molecule has 0 unspecified atom stereocenters. The van der Waals surface area contributed by atoms with Crippen LogP contribution in [0.5, 0.6) is 0 Å². The highest BCUT2D eigenvalue weighted by Crippen LogP contribution is 2.16. The molecular formula is C12H16O. The normalized spacial score (nSPS) is 11.0. The van der Waals surface area contributed by atoms with Crippen molar-refractivity contribution in [1.29, 1.82) is 0 Å². The van der Waals surface area contributed by atoms with Crippen LogP contribution in [0.15, 0.2) is 28.7 Å². The minimum absolute atomic E-state index is 0.937. The predicted octanol–water partition coefficient (Wildman–Crippen LogP) is 3.88. The number of hydrogen-bond donors (Lipinski definition) is 0. The van der Waals surface area contributed by atoms with Gasteiger partial charge >= 0.3 is 0 Å². The van der Waals surface area contributed by atoms with E-state index in [9.17, 15) is 0 Å². The van der Waals surface area contributed by atoms with E-state index in [0.29, 0.717) is 0 Å². The Labute approximate surface area is 79.8 Å². The van der Waals surface area contributed by atoms with Crippen molar-refractivity contribution in [1.82, 2.24) is 0 Å². The summed E-state index contributed by atoms with van der Waals surface area (Å²) in [5, 5.41) is 0. The number of rotatable bonds is 3. The molecule has 0 bridgehead atoms. The fraction of sp³-hybridized carbons (Fsp3) is 0.333. The van der Waals surface area contributed by atoms with Gasteiger partial charge in [-0.3, -0.25) is 0 Å². The van der Waals surface area contributed by atoms with Crippen molar-refractivity contribution in [3.63, 3.8) is 0 Å². The minimum Gasteiger partial charge on any atom is -0.462 e. The van der Waals surface area contributed by atoms with E-state index in [0.717, 1.165) is 23.5 Å². The van der Waals surface area contributed by atoms with Crippen molar-refractivity contribution in [3.05, 3.63) is 41.4 Å². The SMILES string of the molecule is C=C(/C=C\c1oc(C)cc1C)CC. The molecule has 0 radical (unpaired) electrons. The monoisotopic (exact) mass is 176 g/mol. The lowest BCUT2D eigenvalue weighted by atomic mass is 10.2. The Kier molecular flexibility index (Phi) is 3.13. The van der Waals surface area contributed by atoms with Crippen LogP contribution >= 0.6 is 0 Å². The Balaban J connectivity index is 2.79. The molecule has 1 aromatic rings. The Morgan fingerprint density at radius 1 is 1.54 bits per heavy atom. The van der Waals surface area contributed by atoms with Crippen molar-refractivity contribution < 1.29 is 4.42 Å². The highest BCUT2D eigenvalue weighted by Gasteiger charge is 1.99. The summed E-state index contributed by atoms with van der Waals surface area (Å²) in [4.78, 5) is 0. The van der Waals surface area contributed by atoms with Crippen LogP contribution in [0.2, 0.25) is 0 Å². The van der Waals surface area contributed by atoms with Gasteiger partial charge in [0.05, 0.1) is 0 Å². The van der Waals surface area contributed by atoms with Gasteiger partial charge in [0.15, 0.2) is 0 Å². The molecule has 0 aliphatic rings. The molecule has 70 valence electrons. The first kappa shape index (κ1) is 9.85. The van der Waals surface area contributed by atoms with Gasteiger partial charge in [-0.1, -0.05) is 25.2 Å². The summed E-state index contributed by atoms with van der Waals surface area (Å²) in [6.07, 6.45) is 4.97. The van der Waals surface area contributed by atoms with E-state index in [1.165, 1.54) is 5.56 Å². The largest absolute Gasteiger partial charge is 0.462 e. The molecule has 0 saturated heterocycles. The average Bonchev–Trinajstić information content (AvgIpc) is 2.41. The molecule has 1 heteroatoms. The van der Waals surface area contributed by atoms with Gasteiger partial charge in [0.1, 0.15) is 11.5 Å². The highest BCUT2D eigenvalue weighted by atomic mass is 16.3. The minimum atomic E-state index is 0.937. The first-order valence-corrected chi connectivity index (χ1v) is 4.56. The number of furan rings is 1. The third-order valence-corrected chi connectivity index (χ3v) is 2.00. The molecule has 0 atom stereocenters. The maximum absolute atomic E-state index is 5.48. The van der Waals surface area contributed by atoms with Crippen molar-refractivity contribution >= 4 is 6.08 Å². The van der Waals surface area contributed by atoms with Gasteiger partial charge in [-0.05, 0) is 38.0 Å². The van der Waals surface area contributed by atoms with Crippen LogP contribution in [-0.2, 0) is 0 Å². The molecule has 0 saturated carbocycles. The van der Waals surface area contributed by atoms with Crippen LogP contribution in [0.4, 0.5) is 0 Å². The first-order chi connectivity index (χ1) is 6.13. The molecule has 0 aromatic carbocycles. The van der Waals surface area contributed by atoms with Crippen molar-refractivity contribution in [2.45, 2.75) is 27.2 Å². The zero-order valence-corrected chi connectivity index (χ0v) is 8.55. The number of allylic oxidation sites excluding steroid dienone is 2. The zero-order valence-electron chi connectivity index (χ0n) is 8.55. The van der Waals surface area contributed by atoms with Crippen LogP contribution in [-0.4, -0.2) is 0 Å². The third kappa shape index (κ3) is 2.62. The Hall–Kier alpha value is -1.24. The van der Waals surface area contributed by atoms with Crippen LogP contribution in [0.3, 0.4) is 0 Å². The summed E-state index contributed by atoms with van der Waals surface area (Å²) in [6.45, 7) is 9.99. The molecule has 1 nitrogen and oxygen atoms in total. The summed E-state index contributed by atoms with van der Waals surface area (Å²) in [7, 11) is 0. The topological polar surface area (TPSA) is 13.1 Å². The lowest BCUT2D eigenvalue weighted by Gasteiger charge is -1.91. The smallest absolute Gasteiger partial charge is 0.129 e.